The van der Waals surface area contributed by atoms with E-state index in [1.807, 2.05) is 47.4 Å². The van der Waals surface area contributed by atoms with Gasteiger partial charge in [0.15, 0.2) is 0 Å². The zero-order chi connectivity index (χ0) is 18.3. The highest BCUT2D eigenvalue weighted by molar-refractivity contribution is 6.31. The van der Waals surface area contributed by atoms with E-state index >= 15 is 0 Å². The minimum Gasteiger partial charge on any atom is -0.357 e. The summed E-state index contributed by atoms with van der Waals surface area (Å²) in [6.45, 7) is 1.19. The first-order valence-corrected chi connectivity index (χ1v) is 9.35. The second kappa shape index (κ2) is 6.95. The molecule has 4 nitrogen and oxygen atoms in total. The smallest absolute Gasteiger partial charge is 0.240 e. The van der Waals surface area contributed by atoms with Gasteiger partial charge in [-0.3, -0.25) is 4.79 Å². The fourth-order valence-corrected chi connectivity index (χ4v) is 4.01. The Morgan fingerprint density at radius 2 is 2.04 bits per heavy atom. The summed E-state index contributed by atoms with van der Waals surface area (Å²) in [4.78, 5) is 18.0. The number of aromatic nitrogens is 1. The van der Waals surface area contributed by atoms with Crippen LogP contribution in [0.4, 0.5) is 0 Å². The third kappa shape index (κ3) is 3.20. The Hall–Kier alpha value is -2.01. The summed E-state index contributed by atoms with van der Waals surface area (Å²) in [6.07, 6.45) is 1.23. The number of nitrogens with two attached hydrogens (primary N) is 1. The number of benzene rings is 2. The average Bonchev–Trinajstić information content (AvgIpc) is 3.00. The molecule has 1 aliphatic heterocycles. The quantitative estimate of drug-likeness (QED) is 0.714. The van der Waals surface area contributed by atoms with Crippen molar-refractivity contribution in [1.82, 2.24) is 9.88 Å². The molecule has 4 rings (SSSR count). The van der Waals surface area contributed by atoms with Gasteiger partial charge >= 0.3 is 0 Å². The molecule has 3 N–H and O–H groups in total. The Labute approximate surface area is 161 Å². The maximum Gasteiger partial charge on any atom is 0.240 e. The van der Waals surface area contributed by atoms with Gasteiger partial charge < -0.3 is 15.6 Å². The zero-order valence-corrected chi connectivity index (χ0v) is 15.6. The molecule has 134 valence electrons. The van der Waals surface area contributed by atoms with Crippen molar-refractivity contribution in [2.75, 3.05) is 6.54 Å². The van der Waals surface area contributed by atoms with E-state index in [2.05, 4.69) is 4.98 Å². The summed E-state index contributed by atoms with van der Waals surface area (Å²) in [7, 11) is 0. The third-order valence-corrected chi connectivity index (χ3v) is 5.57. The number of amides is 1. The number of fused-ring (bicyclic) bond motifs is 3. The Kier molecular flexibility index (Phi) is 4.65. The monoisotopic (exact) mass is 387 g/mol. The van der Waals surface area contributed by atoms with Crippen molar-refractivity contribution in [2.24, 2.45) is 5.73 Å². The van der Waals surface area contributed by atoms with Gasteiger partial charge in [0.05, 0.1) is 12.6 Å². The van der Waals surface area contributed by atoms with Crippen molar-refractivity contribution in [3.8, 4) is 0 Å². The Bertz CT molecular complexity index is 982. The first kappa shape index (κ1) is 17.4. The number of nitrogens with one attached hydrogen (secondary N) is 1. The summed E-state index contributed by atoms with van der Waals surface area (Å²) < 4.78 is 0. The highest BCUT2D eigenvalue weighted by atomic mass is 35.5. The van der Waals surface area contributed by atoms with Crippen molar-refractivity contribution in [3.63, 3.8) is 0 Å². The van der Waals surface area contributed by atoms with Gasteiger partial charge in [-0.2, -0.15) is 0 Å². The summed E-state index contributed by atoms with van der Waals surface area (Å²) in [5.74, 6) is -0.0488. The summed E-state index contributed by atoms with van der Waals surface area (Å²) in [5.41, 5.74) is 10.4. The lowest BCUT2D eigenvalue weighted by atomic mass is 10.0. The molecule has 0 bridgehead atoms. The number of hydrogen-bond acceptors (Lipinski definition) is 2. The van der Waals surface area contributed by atoms with Crippen LogP contribution in [0.15, 0.2) is 42.5 Å². The molecule has 1 aromatic heterocycles. The minimum absolute atomic E-state index is 0.0488. The van der Waals surface area contributed by atoms with E-state index in [-0.39, 0.29) is 5.91 Å². The van der Waals surface area contributed by atoms with Gasteiger partial charge in [0.25, 0.3) is 0 Å². The van der Waals surface area contributed by atoms with Crippen molar-refractivity contribution >= 4 is 40.0 Å². The third-order valence-electron chi connectivity index (χ3n) is 4.96. The van der Waals surface area contributed by atoms with Crippen LogP contribution in [0.3, 0.4) is 0 Å². The van der Waals surface area contributed by atoms with Crippen LogP contribution in [-0.2, 0) is 24.2 Å². The molecule has 1 aliphatic rings. The highest BCUT2D eigenvalue weighted by Crippen LogP contribution is 2.30. The van der Waals surface area contributed by atoms with Gasteiger partial charge in [-0.15, -0.1) is 0 Å². The van der Waals surface area contributed by atoms with E-state index in [0.717, 1.165) is 33.6 Å². The molecule has 1 amide bonds. The van der Waals surface area contributed by atoms with Crippen molar-refractivity contribution < 1.29 is 4.79 Å². The van der Waals surface area contributed by atoms with Crippen LogP contribution in [0.1, 0.15) is 16.8 Å². The van der Waals surface area contributed by atoms with Gasteiger partial charge in [-0.05, 0) is 48.2 Å². The van der Waals surface area contributed by atoms with E-state index in [0.29, 0.717) is 24.5 Å². The number of hydrogen-bond donors (Lipinski definition) is 2. The molecule has 0 radical (unpaired) electrons. The number of rotatable bonds is 3. The van der Waals surface area contributed by atoms with Crippen molar-refractivity contribution in [3.05, 3.63) is 69.3 Å². The summed E-state index contributed by atoms with van der Waals surface area (Å²) in [5, 5.41) is 2.50. The largest absolute Gasteiger partial charge is 0.357 e. The summed E-state index contributed by atoms with van der Waals surface area (Å²) in [6, 6.07) is 12.7. The average molecular weight is 388 g/mol. The molecule has 0 aliphatic carbocycles. The molecule has 0 saturated heterocycles. The highest BCUT2D eigenvalue weighted by Gasteiger charge is 2.27. The maximum absolute atomic E-state index is 12.8. The fourth-order valence-electron chi connectivity index (χ4n) is 3.62. The van der Waals surface area contributed by atoms with Gasteiger partial charge in [-0.25, -0.2) is 0 Å². The van der Waals surface area contributed by atoms with E-state index < -0.39 is 6.04 Å². The van der Waals surface area contributed by atoms with Crippen LogP contribution in [0.5, 0.6) is 0 Å². The normalized spacial score (nSPS) is 15.1. The Balaban J connectivity index is 1.52. The first-order chi connectivity index (χ1) is 12.5. The Morgan fingerprint density at radius 1 is 1.23 bits per heavy atom. The van der Waals surface area contributed by atoms with Crippen LogP contribution < -0.4 is 5.73 Å². The number of H-pyrrole nitrogens is 1. The van der Waals surface area contributed by atoms with Crippen LogP contribution in [0, 0.1) is 0 Å². The standard InChI is InChI=1S/C20H19Cl2N3O/c21-13-5-6-18-15(10-13)14-7-8-25(11-19(14)24-18)20(26)17(23)9-12-3-1-2-4-16(12)22/h1-6,10,17,24H,7-9,11,23H2/t17-/m1/s1. The molecule has 2 aromatic carbocycles. The number of carbonyl (C=O) groups excluding carboxylic acids is 1. The predicted octanol–water partition coefficient (Wildman–Crippen LogP) is 3.93. The lowest BCUT2D eigenvalue weighted by Gasteiger charge is -2.29. The topological polar surface area (TPSA) is 62.1 Å². The SMILES string of the molecule is N[C@H](Cc1ccccc1Cl)C(=O)N1CCc2c([nH]c3ccc(Cl)cc23)C1. The van der Waals surface area contributed by atoms with E-state index in [4.69, 9.17) is 28.9 Å². The number of aromatic amines is 1. The first-order valence-electron chi connectivity index (χ1n) is 8.59. The molecule has 26 heavy (non-hydrogen) atoms. The fraction of sp³-hybridized carbons (Fsp3) is 0.250. The van der Waals surface area contributed by atoms with Crippen molar-refractivity contribution in [1.29, 1.82) is 0 Å². The van der Waals surface area contributed by atoms with Crippen LogP contribution in [-0.4, -0.2) is 28.4 Å². The lowest BCUT2D eigenvalue weighted by Crippen LogP contribution is -2.46. The molecule has 0 fully saturated rings. The van der Waals surface area contributed by atoms with Crippen molar-refractivity contribution in [2.45, 2.75) is 25.4 Å². The molecular weight excluding hydrogens is 369 g/mol. The molecule has 3 aromatic rings. The second-order valence-electron chi connectivity index (χ2n) is 6.68. The molecule has 6 heteroatoms. The van der Waals surface area contributed by atoms with Crippen LogP contribution >= 0.6 is 23.2 Å². The van der Waals surface area contributed by atoms with Gasteiger partial charge in [0.2, 0.25) is 5.91 Å². The molecule has 0 unspecified atom stereocenters. The molecule has 0 saturated carbocycles. The number of halogens is 2. The van der Waals surface area contributed by atoms with Gasteiger partial charge in [0.1, 0.15) is 0 Å². The summed E-state index contributed by atoms with van der Waals surface area (Å²) >= 11 is 12.3. The Morgan fingerprint density at radius 3 is 2.85 bits per heavy atom. The zero-order valence-electron chi connectivity index (χ0n) is 14.1. The van der Waals surface area contributed by atoms with Crippen LogP contribution in [0.2, 0.25) is 10.0 Å². The van der Waals surface area contributed by atoms with E-state index in [9.17, 15) is 4.79 Å². The van der Waals surface area contributed by atoms with Gasteiger partial charge in [-0.1, -0.05) is 41.4 Å². The van der Waals surface area contributed by atoms with E-state index in [1.54, 1.807) is 0 Å². The molecule has 1 atom stereocenters. The molecule has 0 spiro atoms. The lowest BCUT2D eigenvalue weighted by molar-refractivity contribution is -0.133. The molecule has 2 heterocycles. The second-order valence-corrected chi connectivity index (χ2v) is 7.53. The molecular formula is C20H19Cl2N3O. The maximum atomic E-state index is 12.8. The van der Waals surface area contributed by atoms with E-state index in [1.165, 1.54) is 5.56 Å². The predicted molar refractivity (Wildman–Crippen MR) is 106 cm³/mol. The van der Waals surface area contributed by atoms with Gasteiger partial charge in [0, 0.05) is 33.2 Å². The minimum atomic E-state index is -0.602. The van der Waals surface area contributed by atoms with Crippen LogP contribution in [0.25, 0.3) is 10.9 Å². The number of carbonyl (C=O) groups is 1. The number of nitrogens with zero attached hydrogens (tertiary/aromatic N) is 1.